The van der Waals surface area contributed by atoms with E-state index in [-0.39, 0.29) is 0 Å². The van der Waals surface area contributed by atoms with Gasteiger partial charge in [0, 0.05) is 30.7 Å². The molecular weight excluding hydrogens is 196 g/mol. The Morgan fingerprint density at radius 2 is 1.88 bits per heavy atom. The normalized spacial score (nSPS) is 28.3. The van der Waals surface area contributed by atoms with E-state index in [1.165, 1.54) is 38.8 Å². The average molecular weight is 226 g/mol. The van der Waals surface area contributed by atoms with E-state index in [9.17, 15) is 0 Å². The second kappa shape index (κ2) is 6.02. The van der Waals surface area contributed by atoms with Gasteiger partial charge in [0.15, 0.2) is 0 Å². The Hall–Kier alpha value is -0.0800. The molecule has 1 rings (SSSR count). The van der Waals surface area contributed by atoms with Crippen molar-refractivity contribution in [2.75, 3.05) is 13.1 Å². The Labute approximate surface area is 102 Å². The molecule has 1 heterocycles. The molecule has 0 spiro atoms. The van der Waals surface area contributed by atoms with Crippen LogP contribution in [0.25, 0.3) is 0 Å². The monoisotopic (exact) mass is 226 g/mol. The van der Waals surface area contributed by atoms with Crippen LogP contribution in [0.2, 0.25) is 0 Å². The summed E-state index contributed by atoms with van der Waals surface area (Å²) in [4.78, 5) is 2.75. The Kier molecular flexibility index (Phi) is 5.26. The van der Waals surface area contributed by atoms with Crippen molar-refractivity contribution in [3.63, 3.8) is 0 Å². The fourth-order valence-electron chi connectivity index (χ4n) is 3.00. The molecule has 1 aliphatic rings. The smallest absolute Gasteiger partial charge is 0.0224 e. The van der Waals surface area contributed by atoms with Crippen LogP contribution in [0, 0.1) is 0 Å². The molecule has 0 aliphatic carbocycles. The number of rotatable bonds is 5. The summed E-state index contributed by atoms with van der Waals surface area (Å²) in [6.07, 6.45) is 5.09. The van der Waals surface area contributed by atoms with Crippen LogP contribution in [0.3, 0.4) is 0 Å². The van der Waals surface area contributed by atoms with Gasteiger partial charge in [-0.2, -0.15) is 0 Å². The van der Waals surface area contributed by atoms with Crippen molar-refractivity contribution in [2.45, 2.75) is 77.9 Å². The summed E-state index contributed by atoms with van der Waals surface area (Å²) in [6, 6.07) is 1.42. The summed E-state index contributed by atoms with van der Waals surface area (Å²) in [5.74, 6) is 0. The highest BCUT2D eigenvalue weighted by atomic mass is 15.3. The molecule has 1 N–H and O–H groups in total. The molecule has 16 heavy (non-hydrogen) atoms. The van der Waals surface area contributed by atoms with E-state index in [4.69, 9.17) is 0 Å². The molecule has 2 nitrogen and oxygen atoms in total. The lowest BCUT2D eigenvalue weighted by molar-refractivity contribution is 0.0225. The maximum absolute atomic E-state index is 3.67. The van der Waals surface area contributed by atoms with Crippen molar-refractivity contribution in [3.8, 4) is 0 Å². The van der Waals surface area contributed by atoms with Crippen LogP contribution in [-0.4, -0.2) is 35.6 Å². The number of nitrogens with zero attached hydrogens (tertiary/aromatic N) is 1. The molecule has 0 bridgehead atoms. The van der Waals surface area contributed by atoms with E-state index in [0.717, 1.165) is 6.04 Å². The predicted octanol–water partition coefficient (Wildman–Crippen LogP) is 3.03. The van der Waals surface area contributed by atoms with Gasteiger partial charge in [-0.3, -0.25) is 4.90 Å². The molecule has 0 radical (unpaired) electrons. The number of piperazine rings is 1. The highest BCUT2D eigenvalue weighted by molar-refractivity contribution is 4.93. The van der Waals surface area contributed by atoms with Crippen molar-refractivity contribution in [3.05, 3.63) is 0 Å². The molecular formula is C14H30N2. The third-order valence-electron chi connectivity index (χ3n) is 4.10. The van der Waals surface area contributed by atoms with Crippen LogP contribution in [-0.2, 0) is 0 Å². The highest BCUT2D eigenvalue weighted by Gasteiger charge is 2.35. The summed E-state index contributed by atoms with van der Waals surface area (Å²) < 4.78 is 0. The molecule has 0 saturated carbocycles. The van der Waals surface area contributed by atoms with Crippen molar-refractivity contribution in [2.24, 2.45) is 0 Å². The molecule has 1 saturated heterocycles. The summed E-state index contributed by atoms with van der Waals surface area (Å²) >= 11 is 0. The summed E-state index contributed by atoms with van der Waals surface area (Å²) in [5, 5.41) is 3.67. The van der Waals surface area contributed by atoms with Crippen LogP contribution in [0.1, 0.15) is 60.3 Å². The predicted molar refractivity (Wildman–Crippen MR) is 71.9 cm³/mol. The van der Waals surface area contributed by atoms with Gasteiger partial charge in [-0.1, -0.05) is 27.2 Å². The lowest BCUT2D eigenvalue weighted by Gasteiger charge is -2.49. The molecule has 2 atom stereocenters. The Morgan fingerprint density at radius 1 is 1.19 bits per heavy atom. The van der Waals surface area contributed by atoms with Gasteiger partial charge in [-0.15, -0.1) is 0 Å². The van der Waals surface area contributed by atoms with Crippen molar-refractivity contribution in [1.82, 2.24) is 10.2 Å². The first-order chi connectivity index (χ1) is 7.55. The third-order valence-corrected chi connectivity index (χ3v) is 4.10. The van der Waals surface area contributed by atoms with E-state index >= 15 is 0 Å². The Morgan fingerprint density at radius 3 is 2.38 bits per heavy atom. The quantitative estimate of drug-likeness (QED) is 0.775. The van der Waals surface area contributed by atoms with Crippen LogP contribution >= 0.6 is 0 Å². The Bertz CT molecular complexity index is 201. The first-order valence-electron chi connectivity index (χ1n) is 7.05. The van der Waals surface area contributed by atoms with Crippen LogP contribution in [0.4, 0.5) is 0 Å². The molecule has 96 valence electrons. The number of hydrogen-bond donors (Lipinski definition) is 1. The van der Waals surface area contributed by atoms with E-state index < -0.39 is 0 Å². The third kappa shape index (κ3) is 3.21. The average Bonchev–Trinajstić information content (AvgIpc) is 2.28. The highest BCUT2D eigenvalue weighted by Crippen LogP contribution is 2.27. The van der Waals surface area contributed by atoms with Gasteiger partial charge in [-0.05, 0) is 33.1 Å². The number of nitrogens with one attached hydrogen (secondary N) is 1. The first kappa shape index (κ1) is 14.0. The lowest BCUT2D eigenvalue weighted by atomic mass is 9.91. The topological polar surface area (TPSA) is 15.3 Å². The van der Waals surface area contributed by atoms with Gasteiger partial charge >= 0.3 is 0 Å². The molecule has 0 aromatic rings. The maximum Gasteiger partial charge on any atom is 0.0224 e. The second-order valence-electron chi connectivity index (χ2n) is 5.79. The minimum absolute atomic E-state index is 0.366. The standard InChI is InChI=1S/C14H30N2/c1-6-9-14(4,5)16-11-12(7-2)15-10-13(16)8-3/h12-13,15H,6-11H2,1-5H3. The van der Waals surface area contributed by atoms with E-state index in [1.54, 1.807) is 0 Å². The zero-order chi connectivity index (χ0) is 12.2. The zero-order valence-corrected chi connectivity index (χ0v) is 11.8. The van der Waals surface area contributed by atoms with Gasteiger partial charge in [-0.25, -0.2) is 0 Å². The summed E-state index contributed by atoms with van der Waals surface area (Å²) in [5.41, 5.74) is 0.366. The van der Waals surface area contributed by atoms with Crippen molar-refractivity contribution < 1.29 is 0 Å². The second-order valence-corrected chi connectivity index (χ2v) is 5.79. The van der Waals surface area contributed by atoms with Crippen LogP contribution < -0.4 is 5.32 Å². The van der Waals surface area contributed by atoms with Crippen LogP contribution in [0.5, 0.6) is 0 Å². The lowest BCUT2D eigenvalue weighted by Crippen LogP contribution is -2.62. The van der Waals surface area contributed by atoms with Crippen molar-refractivity contribution in [1.29, 1.82) is 0 Å². The fourth-order valence-corrected chi connectivity index (χ4v) is 3.00. The molecule has 2 heteroatoms. The molecule has 1 aliphatic heterocycles. The van der Waals surface area contributed by atoms with Gasteiger partial charge < -0.3 is 5.32 Å². The molecule has 0 aromatic carbocycles. The molecule has 0 aromatic heterocycles. The minimum atomic E-state index is 0.366. The number of hydrogen-bond acceptors (Lipinski definition) is 2. The van der Waals surface area contributed by atoms with Gasteiger partial charge in [0.25, 0.3) is 0 Å². The van der Waals surface area contributed by atoms with Crippen LogP contribution in [0.15, 0.2) is 0 Å². The largest absolute Gasteiger partial charge is 0.311 e. The summed E-state index contributed by atoms with van der Waals surface area (Å²) in [6.45, 7) is 14.1. The maximum atomic E-state index is 3.67. The van der Waals surface area contributed by atoms with E-state index in [1.807, 2.05) is 0 Å². The summed E-state index contributed by atoms with van der Waals surface area (Å²) in [7, 11) is 0. The Balaban J connectivity index is 2.70. The van der Waals surface area contributed by atoms with E-state index in [2.05, 4.69) is 44.8 Å². The first-order valence-corrected chi connectivity index (χ1v) is 7.05. The van der Waals surface area contributed by atoms with Gasteiger partial charge in [0.05, 0.1) is 0 Å². The molecule has 1 fully saturated rings. The van der Waals surface area contributed by atoms with Crippen molar-refractivity contribution >= 4 is 0 Å². The SMILES string of the molecule is CCCC(C)(C)N1CC(CC)NCC1CC. The fraction of sp³-hybridized carbons (Fsp3) is 1.00. The van der Waals surface area contributed by atoms with E-state index in [0.29, 0.717) is 11.6 Å². The van der Waals surface area contributed by atoms with Gasteiger partial charge in [0.1, 0.15) is 0 Å². The minimum Gasteiger partial charge on any atom is -0.311 e. The van der Waals surface area contributed by atoms with Gasteiger partial charge in [0.2, 0.25) is 0 Å². The zero-order valence-electron chi connectivity index (χ0n) is 11.8. The molecule has 0 amide bonds. The molecule has 2 unspecified atom stereocenters.